The van der Waals surface area contributed by atoms with E-state index in [9.17, 15) is 24.0 Å². The van der Waals surface area contributed by atoms with Crippen LogP contribution in [-0.4, -0.2) is 70.5 Å². The van der Waals surface area contributed by atoms with Gasteiger partial charge < -0.3 is 15.5 Å². The molecule has 2 N–H and O–H groups in total. The van der Waals surface area contributed by atoms with Crippen molar-refractivity contribution in [3.8, 4) is 0 Å². The Hall–Kier alpha value is -1.55. The van der Waals surface area contributed by atoms with Crippen LogP contribution in [0.4, 0.5) is 0 Å². The molecule has 0 bridgehead atoms. The second-order valence-corrected chi connectivity index (χ2v) is 8.40. The van der Waals surface area contributed by atoms with E-state index < -0.39 is 0 Å². The highest BCUT2D eigenvalue weighted by Gasteiger charge is 2.14. The summed E-state index contributed by atoms with van der Waals surface area (Å²) in [5, 5.41) is 5.13. The fourth-order valence-electron chi connectivity index (χ4n) is 2.14. The lowest BCUT2D eigenvalue weighted by atomic mass is 10.2. The first-order valence-electron chi connectivity index (χ1n) is 9.34. The number of carbonyl (C=O) groups is 5. The largest absolute Gasteiger partial charge is 0.354 e. The summed E-state index contributed by atoms with van der Waals surface area (Å²) in [6, 6.07) is 0. The van der Waals surface area contributed by atoms with Crippen LogP contribution in [0, 0.1) is 0 Å². The van der Waals surface area contributed by atoms with Crippen LogP contribution in [0.1, 0.15) is 46.5 Å². The van der Waals surface area contributed by atoms with E-state index in [-0.39, 0.29) is 52.5 Å². The molecule has 0 fully saturated rings. The topological polar surface area (TPSA) is 113 Å². The number of carbonyl (C=O) groups excluding carboxylic acids is 5. The van der Waals surface area contributed by atoms with Crippen molar-refractivity contribution < 1.29 is 24.0 Å². The maximum absolute atomic E-state index is 12.4. The summed E-state index contributed by atoms with van der Waals surface area (Å²) < 4.78 is 0. The second kappa shape index (κ2) is 16.4. The first-order valence-corrected chi connectivity index (χ1v) is 11.3. The molecule has 0 aromatic heterocycles. The average molecular weight is 434 g/mol. The van der Waals surface area contributed by atoms with Gasteiger partial charge >= 0.3 is 0 Å². The highest BCUT2D eigenvalue weighted by molar-refractivity contribution is 8.14. The molecule has 0 unspecified atom stereocenters. The predicted octanol–water partition coefficient (Wildman–Crippen LogP) is 1.19. The van der Waals surface area contributed by atoms with Crippen LogP contribution in [0.15, 0.2) is 0 Å². The van der Waals surface area contributed by atoms with Gasteiger partial charge in [-0.25, -0.2) is 0 Å². The van der Waals surface area contributed by atoms with E-state index in [0.29, 0.717) is 19.5 Å². The monoisotopic (exact) mass is 433 g/mol. The van der Waals surface area contributed by atoms with E-state index in [4.69, 9.17) is 0 Å². The van der Waals surface area contributed by atoms with Crippen molar-refractivity contribution in [2.24, 2.45) is 0 Å². The van der Waals surface area contributed by atoms with Crippen LogP contribution in [0.5, 0.6) is 0 Å². The quantitative estimate of drug-likeness (QED) is 0.396. The number of rotatable bonds is 14. The van der Waals surface area contributed by atoms with Crippen molar-refractivity contribution in [3.05, 3.63) is 0 Å². The molecule has 0 saturated heterocycles. The Bertz CT molecular complexity index is 507. The molecular formula is C18H31N3O5S2. The minimum absolute atomic E-state index is 0.0202. The van der Waals surface area contributed by atoms with Gasteiger partial charge in [0.25, 0.3) is 0 Å². The molecule has 0 aliphatic rings. The molecule has 0 aliphatic heterocycles. The molecule has 0 aromatic carbocycles. The van der Waals surface area contributed by atoms with Gasteiger partial charge in [-0.1, -0.05) is 43.3 Å². The number of unbranched alkanes of at least 4 members (excludes halogenated alkanes) is 2. The molecule has 0 aromatic rings. The van der Waals surface area contributed by atoms with Crippen LogP contribution in [0.3, 0.4) is 0 Å². The van der Waals surface area contributed by atoms with Gasteiger partial charge in [0.1, 0.15) is 0 Å². The molecule has 0 heterocycles. The number of hydrogen-bond acceptors (Lipinski definition) is 7. The fraction of sp³-hybridized carbons (Fsp3) is 0.722. The minimum atomic E-state index is -0.256. The highest BCUT2D eigenvalue weighted by atomic mass is 32.2. The number of hydrogen-bond donors (Lipinski definition) is 2. The van der Waals surface area contributed by atoms with Gasteiger partial charge in [-0.3, -0.25) is 24.0 Å². The molecule has 3 amide bonds. The third-order valence-corrected chi connectivity index (χ3v) is 5.19. The van der Waals surface area contributed by atoms with E-state index in [1.54, 1.807) is 4.90 Å². The molecule has 0 radical (unpaired) electrons. The Balaban J connectivity index is 4.39. The third-order valence-electron chi connectivity index (χ3n) is 3.57. The van der Waals surface area contributed by atoms with Crippen molar-refractivity contribution in [1.82, 2.24) is 15.5 Å². The van der Waals surface area contributed by atoms with Gasteiger partial charge in [-0.15, -0.1) is 0 Å². The van der Waals surface area contributed by atoms with Crippen molar-refractivity contribution >= 4 is 51.5 Å². The molecule has 0 atom stereocenters. The average Bonchev–Trinajstić information content (AvgIpc) is 2.63. The van der Waals surface area contributed by atoms with Crippen molar-refractivity contribution in [2.75, 3.05) is 37.7 Å². The lowest BCUT2D eigenvalue weighted by Gasteiger charge is -2.23. The Morgan fingerprint density at radius 2 is 1.25 bits per heavy atom. The Kier molecular flexibility index (Phi) is 15.5. The zero-order valence-electron chi connectivity index (χ0n) is 16.9. The molecular weight excluding hydrogens is 402 g/mol. The van der Waals surface area contributed by atoms with Gasteiger partial charge in [0.15, 0.2) is 10.2 Å². The van der Waals surface area contributed by atoms with E-state index in [1.807, 2.05) is 0 Å². The van der Waals surface area contributed by atoms with E-state index in [1.165, 1.54) is 13.8 Å². The molecule has 0 aliphatic carbocycles. The zero-order chi connectivity index (χ0) is 21.4. The minimum Gasteiger partial charge on any atom is -0.354 e. The van der Waals surface area contributed by atoms with Gasteiger partial charge in [0.05, 0.1) is 11.5 Å². The summed E-state index contributed by atoms with van der Waals surface area (Å²) in [4.78, 5) is 59.1. The molecule has 8 nitrogen and oxygen atoms in total. The fourth-order valence-corrected chi connectivity index (χ4v) is 3.02. The SMILES string of the molecule is CCCCCC(=O)N(CCNC(=O)CSC(C)=O)CCNC(=O)CSC(C)=O. The van der Waals surface area contributed by atoms with E-state index >= 15 is 0 Å². The smallest absolute Gasteiger partial charge is 0.230 e. The Labute approximate surface area is 175 Å². The second-order valence-electron chi connectivity index (χ2n) is 6.10. The summed E-state index contributed by atoms with van der Waals surface area (Å²) in [6.07, 6.45) is 3.21. The van der Waals surface area contributed by atoms with Crippen LogP contribution >= 0.6 is 23.5 Å². The summed E-state index contributed by atoms with van der Waals surface area (Å²) in [7, 11) is 0. The molecule has 0 saturated carbocycles. The molecule has 10 heteroatoms. The number of nitrogens with zero attached hydrogens (tertiary/aromatic N) is 1. The molecule has 28 heavy (non-hydrogen) atoms. The first-order chi connectivity index (χ1) is 13.3. The van der Waals surface area contributed by atoms with Crippen LogP contribution in [-0.2, 0) is 24.0 Å². The van der Waals surface area contributed by atoms with E-state index in [2.05, 4.69) is 17.6 Å². The maximum atomic E-state index is 12.4. The van der Waals surface area contributed by atoms with Crippen molar-refractivity contribution in [1.29, 1.82) is 0 Å². The Morgan fingerprint density at radius 1 is 0.786 bits per heavy atom. The van der Waals surface area contributed by atoms with Gasteiger partial charge in [0.2, 0.25) is 17.7 Å². The normalized spacial score (nSPS) is 10.2. The van der Waals surface area contributed by atoms with Gasteiger partial charge in [0, 0.05) is 46.4 Å². The summed E-state index contributed by atoms with van der Waals surface area (Å²) in [5.41, 5.74) is 0. The summed E-state index contributed by atoms with van der Waals surface area (Å²) >= 11 is 1.87. The van der Waals surface area contributed by atoms with Crippen LogP contribution in [0.2, 0.25) is 0 Å². The van der Waals surface area contributed by atoms with Gasteiger partial charge in [-0.2, -0.15) is 0 Å². The predicted molar refractivity (Wildman–Crippen MR) is 113 cm³/mol. The summed E-state index contributed by atoms with van der Waals surface area (Å²) in [5.74, 6) is -0.415. The number of thioether (sulfide) groups is 2. The lowest BCUT2D eigenvalue weighted by molar-refractivity contribution is -0.132. The zero-order valence-corrected chi connectivity index (χ0v) is 18.5. The van der Waals surface area contributed by atoms with Crippen LogP contribution in [0.25, 0.3) is 0 Å². The lowest BCUT2D eigenvalue weighted by Crippen LogP contribution is -2.43. The molecule has 160 valence electrons. The number of nitrogens with one attached hydrogen (secondary N) is 2. The number of amides is 3. The standard InChI is InChI=1S/C18H31N3O5S2/c1-4-5-6-7-18(26)21(10-8-19-16(24)12-27-14(2)22)11-9-20-17(25)13-28-15(3)23/h4-13H2,1-3H3,(H,19,24)(H,20,25). The van der Waals surface area contributed by atoms with E-state index in [0.717, 1.165) is 42.8 Å². The third kappa shape index (κ3) is 15.5. The molecule has 0 rings (SSSR count). The maximum Gasteiger partial charge on any atom is 0.230 e. The first kappa shape index (κ1) is 26.4. The molecule has 0 spiro atoms. The van der Waals surface area contributed by atoms with Gasteiger partial charge in [-0.05, 0) is 6.42 Å². The Morgan fingerprint density at radius 3 is 1.64 bits per heavy atom. The van der Waals surface area contributed by atoms with Crippen molar-refractivity contribution in [2.45, 2.75) is 46.5 Å². The summed E-state index contributed by atoms with van der Waals surface area (Å²) in [6.45, 7) is 6.09. The van der Waals surface area contributed by atoms with Crippen LogP contribution < -0.4 is 10.6 Å². The van der Waals surface area contributed by atoms with Crippen molar-refractivity contribution in [3.63, 3.8) is 0 Å². The highest BCUT2D eigenvalue weighted by Crippen LogP contribution is 2.04.